The Morgan fingerprint density at radius 2 is 2.06 bits per heavy atom. The highest BCUT2D eigenvalue weighted by molar-refractivity contribution is 6.17. The van der Waals surface area contributed by atoms with Gasteiger partial charge >= 0.3 is 0 Å². The molecule has 2 aromatic rings. The van der Waals surface area contributed by atoms with Gasteiger partial charge in [-0.2, -0.15) is 0 Å². The van der Waals surface area contributed by atoms with Crippen molar-refractivity contribution in [3.63, 3.8) is 0 Å². The molecule has 1 heterocycles. The number of halogens is 1. The fourth-order valence-electron chi connectivity index (χ4n) is 1.81. The summed E-state index contributed by atoms with van der Waals surface area (Å²) >= 11 is 5.70. The first kappa shape index (κ1) is 12.1. The van der Waals surface area contributed by atoms with E-state index in [0.717, 1.165) is 17.8 Å². The van der Waals surface area contributed by atoms with Gasteiger partial charge in [-0.05, 0) is 17.5 Å². The molecule has 4 heteroatoms. The molecule has 2 rings (SSSR count). The van der Waals surface area contributed by atoms with Gasteiger partial charge in [0.05, 0.1) is 17.6 Å². The summed E-state index contributed by atoms with van der Waals surface area (Å²) in [4.78, 5) is 0. The first-order valence-corrected chi connectivity index (χ1v) is 6.32. The Kier molecular flexibility index (Phi) is 3.79. The van der Waals surface area contributed by atoms with Crippen molar-refractivity contribution in [2.75, 3.05) is 5.88 Å². The molecule has 0 bridgehead atoms. The number of hydrogen-bond donors (Lipinski definition) is 0. The van der Waals surface area contributed by atoms with Gasteiger partial charge in [0, 0.05) is 12.3 Å². The van der Waals surface area contributed by atoms with Crippen molar-refractivity contribution in [1.82, 2.24) is 15.0 Å². The van der Waals surface area contributed by atoms with E-state index in [0.29, 0.717) is 11.8 Å². The maximum Gasteiger partial charge on any atom is 0.0843 e. The topological polar surface area (TPSA) is 30.7 Å². The zero-order valence-corrected chi connectivity index (χ0v) is 10.9. The third-order valence-corrected chi connectivity index (χ3v) is 2.89. The Bertz CT molecular complexity index is 491. The molecule has 0 unspecified atom stereocenters. The van der Waals surface area contributed by atoms with Gasteiger partial charge in [-0.3, -0.25) is 0 Å². The van der Waals surface area contributed by atoms with E-state index in [1.54, 1.807) is 0 Å². The molecule has 0 atom stereocenters. The predicted molar refractivity (Wildman–Crippen MR) is 69.9 cm³/mol. The van der Waals surface area contributed by atoms with Gasteiger partial charge in [0.15, 0.2) is 0 Å². The van der Waals surface area contributed by atoms with Crippen molar-refractivity contribution in [2.45, 2.75) is 26.2 Å². The van der Waals surface area contributed by atoms with Crippen LogP contribution in [0, 0.1) is 0 Å². The van der Waals surface area contributed by atoms with Crippen LogP contribution in [0.2, 0.25) is 0 Å². The monoisotopic (exact) mass is 249 g/mol. The maximum absolute atomic E-state index is 5.70. The van der Waals surface area contributed by atoms with Gasteiger partial charge in [0.1, 0.15) is 0 Å². The largest absolute Gasteiger partial charge is 0.220 e. The van der Waals surface area contributed by atoms with Crippen LogP contribution in [-0.2, 0) is 6.42 Å². The van der Waals surface area contributed by atoms with Crippen molar-refractivity contribution in [2.24, 2.45) is 0 Å². The number of hydrogen-bond acceptors (Lipinski definition) is 2. The highest BCUT2D eigenvalue weighted by Crippen LogP contribution is 2.22. The molecule has 90 valence electrons. The van der Waals surface area contributed by atoms with Crippen molar-refractivity contribution in [3.05, 3.63) is 41.7 Å². The molecule has 0 saturated carbocycles. The summed E-state index contributed by atoms with van der Waals surface area (Å²) in [7, 11) is 0. The lowest BCUT2D eigenvalue weighted by Gasteiger charge is -2.11. The summed E-state index contributed by atoms with van der Waals surface area (Å²) < 4.78 is 1.83. The molecule has 0 radical (unpaired) electrons. The highest BCUT2D eigenvalue weighted by atomic mass is 35.5. The van der Waals surface area contributed by atoms with E-state index in [9.17, 15) is 0 Å². The van der Waals surface area contributed by atoms with Crippen molar-refractivity contribution >= 4 is 11.6 Å². The van der Waals surface area contributed by atoms with E-state index in [2.05, 4.69) is 42.4 Å². The molecule has 1 aromatic heterocycles. The molecule has 0 N–H and O–H groups in total. The van der Waals surface area contributed by atoms with Crippen molar-refractivity contribution < 1.29 is 0 Å². The second-order valence-corrected chi connectivity index (χ2v) is 4.68. The van der Waals surface area contributed by atoms with E-state index >= 15 is 0 Å². The molecule has 0 amide bonds. The number of aryl methyl sites for hydroxylation is 1. The molecular formula is C13H16ClN3. The molecular weight excluding hydrogens is 234 g/mol. The molecule has 0 saturated heterocycles. The van der Waals surface area contributed by atoms with Crippen LogP contribution in [0.15, 0.2) is 30.5 Å². The molecule has 0 aliphatic carbocycles. The zero-order valence-electron chi connectivity index (χ0n) is 10.1. The SMILES string of the molecule is CC(C)c1ccccc1-n1cc(CCCl)nn1. The van der Waals surface area contributed by atoms with Crippen LogP contribution >= 0.6 is 11.6 Å². The van der Waals surface area contributed by atoms with Crippen LogP contribution in [0.5, 0.6) is 0 Å². The predicted octanol–water partition coefficient (Wildman–Crippen LogP) is 3.17. The molecule has 0 fully saturated rings. The van der Waals surface area contributed by atoms with Gasteiger partial charge in [0.25, 0.3) is 0 Å². The Morgan fingerprint density at radius 1 is 1.29 bits per heavy atom. The van der Waals surface area contributed by atoms with Crippen molar-refractivity contribution in [1.29, 1.82) is 0 Å². The van der Waals surface area contributed by atoms with Crippen LogP contribution in [-0.4, -0.2) is 20.9 Å². The van der Waals surface area contributed by atoms with Crippen molar-refractivity contribution in [3.8, 4) is 5.69 Å². The average molecular weight is 250 g/mol. The van der Waals surface area contributed by atoms with E-state index in [-0.39, 0.29) is 0 Å². The standard InChI is InChI=1S/C13H16ClN3/c1-10(2)12-5-3-4-6-13(12)17-9-11(7-8-14)15-16-17/h3-6,9-10H,7-8H2,1-2H3. The first-order chi connectivity index (χ1) is 8.22. The summed E-state index contributed by atoms with van der Waals surface area (Å²) in [6.07, 6.45) is 2.70. The lowest BCUT2D eigenvalue weighted by Crippen LogP contribution is -2.01. The lowest BCUT2D eigenvalue weighted by atomic mass is 10.0. The Labute approximate surface area is 106 Å². The summed E-state index contributed by atoms with van der Waals surface area (Å²) in [5.41, 5.74) is 3.30. The van der Waals surface area contributed by atoms with Gasteiger partial charge in [0.2, 0.25) is 0 Å². The lowest BCUT2D eigenvalue weighted by molar-refractivity contribution is 0.768. The van der Waals surface area contributed by atoms with E-state index in [1.165, 1.54) is 5.56 Å². The fraction of sp³-hybridized carbons (Fsp3) is 0.385. The summed E-state index contributed by atoms with van der Waals surface area (Å²) in [5, 5.41) is 8.27. The third-order valence-electron chi connectivity index (χ3n) is 2.70. The number of aromatic nitrogens is 3. The van der Waals surface area contributed by atoms with Gasteiger partial charge in [-0.25, -0.2) is 4.68 Å². The molecule has 17 heavy (non-hydrogen) atoms. The first-order valence-electron chi connectivity index (χ1n) is 5.79. The Balaban J connectivity index is 2.38. The van der Waals surface area contributed by atoms with Crippen LogP contribution < -0.4 is 0 Å². The van der Waals surface area contributed by atoms with E-state index < -0.39 is 0 Å². The minimum atomic E-state index is 0.465. The minimum Gasteiger partial charge on any atom is -0.220 e. The smallest absolute Gasteiger partial charge is 0.0843 e. The summed E-state index contributed by atoms with van der Waals surface area (Å²) in [6.45, 7) is 4.35. The van der Waals surface area contributed by atoms with Gasteiger partial charge < -0.3 is 0 Å². The number of benzene rings is 1. The van der Waals surface area contributed by atoms with E-state index in [1.807, 2.05) is 16.9 Å². The van der Waals surface area contributed by atoms with Gasteiger partial charge in [-0.1, -0.05) is 37.3 Å². The van der Waals surface area contributed by atoms with Crippen LogP contribution in [0.1, 0.15) is 31.0 Å². The molecule has 0 aliphatic heterocycles. The Morgan fingerprint density at radius 3 is 2.76 bits per heavy atom. The van der Waals surface area contributed by atoms with E-state index in [4.69, 9.17) is 11.6 Å². The minimum absolute atomic E-state index is 0.465. The number of nitrogens with zero attached hydrogens (tertiary/aromatic N) is 3. The average Bonchev–Trinajstić information content (AvgIpc) is 2.78. The molecule has 1 aromatic carbocycles. The number of rotatable bonds is 4. The second-order valence-electron chi connectivity index (χ2n) is 4.31. The second kappa shape index (κ2) is 5.32. The van der Waals surface area contributed by atoms with Crippen LogP contribution in [0.3, 0.4) is 0 Å². The molecule has 0 spiro atoms. The fourth-order valence-corrected chi connectivity index (χ4v) is 2.01. The molecule has 0 aliphatic rings. The van der Waals surface area contributed by atoms with Gasteiger partial charge in [-0.15, -0.1) is 16.7 Å². The maximum atomic E-state index is 5.70. The normalized spacial score (nSPS) is 11.1. The third kappa shape index (κ3) is 2.67. The molecule has 3 nitrogen and oxygen atoms in total. The highest BCUT2D eigenvalue weighted by Gasteiger charge is 2.09. The van der Waals surface area contributed by atoms with Crippen LogP contribution in [0.25, 0.3) is 5.69 Å². The summed E-state index contributed by atoms with van der Waals surface area (Å²) in [5.74, 6) is 1.04. The quantitative estimate of drug-likeness (QED) is 0.780. The number of alkyl halides is 1. The Hall–Kier alpha value is -1.35. The zero-order chi connectivity index (χ0) is 12.3. The number of para-hydroxylation sites is 1. The summed E-state index contributed by atoms with van der Waals surface area (Å²) in [6, 6.07) is 8.26. The van der Waals surface area contributed by atoms with Crippen LogP contribution in [0.4, 0.5) is 0 Å².